The lowest BCUT2D eigenvalue weighted by Crippen LogP contribution is -1.81. The smallest absolute Gasteiger partial charge is 0.134 e. The van der Waals surface area contributed by atoms with E-state index in [2.05, 4.69) is 18.7 Å². The Morgan fingerprint density at radius 3 is 2.76 bits per heavy atom. The van der Waals surface area contributed by atoms with Gasteiger partial charge in [-0.3, -0.25) is 0 Å². The molecule has 0 aliphatic rings. The van der Waals surface area contributed by atoms with Crippen molar-refractivity contribution >= 4 is 16.5 Å². The van der Waals surface area contributed by atoms with E-state index >= 15 is 0 Å². The Hall–Kier alpha value is -2.02. The first-order valence-electron chi connectivity index (χ1n) is 5.72. The summed E-state index contributed by atoms with van der Waals surface area (Å²) in [7, 11) is 0. The molecular formula is C16H16O. The predicted molar refractivity (Wildman–Crippen MR) is 73.9 cm³/mol. The third kappa shape index (κ3) is 2.09. The minimum atomic E-state index is 0.930. The Kier molecular flexibility index (Phi) is 3.29. The molecule has 0 atom stereocenters. The molecule has 86 valence electrons. The lowest BCUT2D eigenvalue weighted by molar-refractivity contribution is 0.577. The molecular weight excluding hydrogens is 208 g/mol. The highest BCUT2D eigenvalue weighted by Gasteiger charge is 2.12. The Labute approximate surface area is 102 Å². The second-order valence-electron chi connectivity index (χ2n) is 3.89. The van der Waals surface area contributed by atoms with Gasteiger partial charge in [0.1, 0.15) is 11.3 Å². The molecule has 0 radical (unpaired) electrons. The van der Waals surface area contributed by atoms with Gasteiger partial charge in [0, 0.05) is 10.9 Å². The van der Waals surface area contributed by atoms with Gasteiger partial charge < -0.3 is 4.42 Å². The molecule has 0 saturated heterocycles. The number of benzene rings is 1. The molecule has 1 heteroatoms. The first kappa shape index (κ1) is 11.5. The molecule has 1 nitrogen and oxygen atoms in total. The van der Waals surface area contributed by atoms with E-state index in [4.69, 9.17) is 4.42 Å². The lowest BCUT2D eigenvalue weighted by Gasteiger charge is -2.00. The van der Waals surface area contributed by atoms with Crippen molar-refractivity contribution in [1.29, 1.82) is 0 Å². The van der Waals surface area contributed by atoms with Crippen molar-refractivity contribution in [3.8, 4) is 0 Å². The molecule has 0 aliphatic heterocycles. The summed E-state index contributed by atoms with van der Waals surface area (Å²) in [6, 6.07) is 8.10. The van der Waals surface area contributed by atoms with Crippen molar-refractivity contribution < 1.29 is 4.42 Å². The highest BCUT2D eigenvalue weighted by atomic mass is 16.3. The van der Waals surface area contributed by atoms with Gasteiger partial charge >= 0.3 is 0 Å². The summed E-state index contributed by atoms with van der Waals surface area (Å²) < 4.78 is 5.76. The normalized spacial score (nSPS) is 12.5. The van der Waals surface area contributed by atoms with Crippen LogP contribution in [-0.2, 0) is 0 Å². The topological polar surface area (TPSA) is 13.1 Å². The average molecular weight is 224 g/mol. The molecule has 2 rings (SSSR count). The van der Waals surface area contributed by atoms with Crippen molar-refractivity contribution in [3.63, 3.8) is 0 Å². The zero-order valence-electron chi connectivity index (χ0n) is 10.2. The standard InChI is InChI=1S/C16H16O/c1-4-8-13(9-5-2)16-12(3)17-15-11-7-6-10-14(15)16/h4-11H,1H2,2-3H3/b9-5-,13-8+. The zero-order valence-corrected chi connectivity index (χ0v) is 10.2. The fraction of sp³-hybridized carbons (Fsp3) is 0.125. The van der Waals surface area contributed by atoms with Gasteiger partial charge in [0.15, 0.2) is 0 Å². The van der Waals surface area contributed by atoms with Crippen LogP contribution in [-0.4, -0.2) is 0 Å². The summed E-state index contributed by atoms with van der Waals surface area (Å²) in [5.41, 5.74) is 3.21. The number of fused-ring (bicyclic) bond motifs is 1. The second-order valence-corrected chi connectivity index (χ2v) is 3.89. The SMILES string of the molecule is C=C/C=C(\C=C/C)c1c(C)oc2ccccc12. The number of para-hydroxylation sites is 1. The molecule has 2 aromatic rings. The summed E-state index contributed by atoms with van der Waals surface area (Å²) in [4.78, 5) is 0. The van der Waals surface area contributed by atoms with Gasteiger partial charge in [-0.15, -0.1) is 0 Å². The van der Waals surface area contributed by atoms with E-state index in [1.165, 1.54) is 0 Å². The summed E-state index contributed by atoms with van der Waals surface area (Å²) in [6.45, 7) is 7.77. The van der Waals surface area contributed by atoms with Gasteiger partial charge in [0.2, 0.25) is 0 Å². The number of furan rings is 1. The molecule has 0 unspecified atom stereocenters. The van der Waals surface area contributed by atoms with Crippen LogP contribution in [0.1, 0.15) is 18.2 Å². The predicted octanol–water partition coefficient (Wildman–Crippen LogP) is 4.89. The van der Waals surface area contributed by atoms with Gasteiger partial charge in [-0.05, 0) is 25.5 Å². The number of rotatable bonds is 3. The molecule has 17 heavy (non-hydrogen) atoms. The van der Waals surface area contributed by atoms with Crippen molar-refractivity contribution in [1.82, 2.24) is 0 Å². The largest absolute Gasteiger partial charge is 0.461 e. The monoisotopic (exact) mass is 224 g/mol. The van der Waals surface area contributed by atoms with E-state index in [0.717, 1.165) is 27.9 Å². The van der Waals surface area contributed by atoms with Crippen LogP contribution in [0.15, 0.2) is 59.6 Å². The number of hydrogen-bond donors (Lipinski definition) is 0. The quantitative estimate of drug-likeness (QED) is 0.677. The molecule has 1 aromatic heterocycles. The van der Waals surface area contributed by atoms with E-state index < -0.39 is 0 Å². The summed E-state index contributed by atoms with van der Waals surface area (Å²) in [5, 5.41) is 1.15. The maximum atomic E-state index is 5.76. The second kappa shape index (κ2) is 4.88. The molecule has 1 aromatic carbocycles. The fourth-order valence-electron chi connectivity index (χ4n) is 2.06. The molecule has 0 bridgehead atoms. The molecule has 0 spiro atoms. The van der Waals surface area contributed by atoms with Crippen molar-refractivity contribution in [2.45, 2.75) is 13.8 Å². The molecule has 1 heterocycles. The van der Waals surface area contributed by atoms with Crippen LogP contribution >= 0.6 is 0 Å². The van der Waals surface area contributed by atoms with Crippen LogP contribution in [0.3, 0.4) is 0 Å². The van der Waals surface area contributed by atoms with E-state index in [0.29, 0.717) is 0 Å². The van der Waals surface area contributed by atoms with Crippen LogP contribution in [0.4, 0.5) is 0 Å². The van der Waals surface area contributed by atoms with Gasteiger partial charge in [-0.25, -0.2) is 0 Å². The molecule has 0 N–H and O–H groups in total. The molecule has 0 aliphatic carbocycles. The van der Waals surface area contributed by atoms with E-state index in [1.54, 1.807) is 6.08 Å². The fourth-order valence-corrected chi connectivity index (χ4v) is 2.06. The third-order valence-electron chi connectivity index (χ3n) is 2.70. The Morgan fingerprint density at radius 2 is 2.06 bits per heavy atom. The van der Waals surface area contributed by atoms with E-state index in [1.807, 2.05) is 44.2 Å². The summed E-state index contributed by atoms with van der Waals surface area (Å²) in [5.74, 6) is 0.942. The van der Waals surface area contributed by atoms with Gasteiger partial charge in [-0.2, -0.15) is 0 Å². The maximum Gasteiger partial charge on any atom is 0.134 e. The van der Waals surface area contributed by atoms with Crippen LogP contribution in [0.2, 0.25) is 0 Å². The Balaban J connectivity index is 2.72. The van der Waals surface area contributed by atoms with Crippen LogP contribution in [0, 0.1) is 6.92 Å². The number of allylic oxidation sites excluding steroid dienone is 5. The van der Waals surface area contributed by atoms with Crippen LogP contribution in [0.25, 0.3) is 16.5 Å². The number of aryl methyl sites for hydroxylation is 1. The van der Waals surface area contributed by atoms with E-state index in [9.17, 15) is 0 Å². The van der Waals surface area contributed by atoms with Crippen LogP contribution < -0.4 is 0 Å². The van der Waals surface area contributed by atoms with Gasteiger partial charge in [-0.1, -0.05) is 49.1 Å². The summed E-state index contributed by atoms with van der Waals surface area (Å²) >= 11 is 0. The Bertz CT molecular complexity index is 597. The van der Waals surface area contributed by atoms with Gasteiger partial charge in [0.05, 0.1) is 0 Å². The van der Waals surface area contributed by atoms with Crippen LogP contribution in [0.5, 0.6) is 0 Å². The van der Waals surface area contributed by atoms with Crippen molar-refractivity contribution in [2.75, 3.05) is 0 Å². The van der Waals surface area contributed by atoms with Crippen molar-refractivity contribution in [2.24, 2.45) is 0 Å². The molecule has 0 amide bonds. The molecule has 0 fully saturated rings. The van der Waals surface area contributed by atoms with Gasteiger partial charge in [0.25, 0.3) is 0 Å². The number of hydrogen-bond acceptors (Lipinski definition) is 1. The first-order chi connectivity index (χ1) is 8.27. The van der Waals surface area contributed by atoms with Crippen molar-refractivity contribution in [3.05, 3.63) is 66.5 Å². The Morgan fingerprint density at radius 1 is 1.29 bits per heavy atom. The maximum absolute atomic E-state index is 5.76. The highest BCUT2D eigenvalue weighted by Crippen LogP contribution is 2.31. The minimum Gasteiger partial charge on any atom is -0.461 e. The third-order valence-corrected chi connectivity index (χ3v) is 2.70. The highest BCUT2D eigenvalue weighted by molar-refractivity contribution is 5.95. The average Bonchev–Trinajstić information content (AvgIpc) is 2.64. The molecule has 0 saturated carbocycles. The summed E-state index contributed by atoms with van der Waals surface area (Å²) in [6.07, 6.45) is 7.91. The minimum absolute atomic E-state index is 0.930. The van der Waals surface area contributed by atoms with E-state index in [-0.39, 0.29) is 0 Å². The zero-order chi connectivity index (χ0) is 12.3. The first-order valence-corrected chi connectivity index (χ1v) is 5.72. The lowest BCUT2D eigenvalue weighted by atomic mass is 10.0.